The Kier molecular flexibility index (Phi) is 9.16. The quantitative estimate of drug-likeness (QED) is 0.220. The van der Waals surface area contributed by atoms with E-state index in [4.69, 9.17) is 9.47 Å². The first-order chi connectivity index (χ1) is 17.6. The molecular formula is C29H47BrN2O6. The van der Waals surface area contributed by atoms with Gasteiger partial charge < -0.3 is 24.4 Å². The fourth-order valence-corrected chi connectivity index (χ4v) is 8.32. The van der Waals surface area contributed by atoms with Gasteiger partial charge in [0.25, 0.3) is 0 Å². The number of likely N-dealkylation sites (tertiary alicyclic amines) is 1. The fourth-order valence-electron chi connectivity index (χ4n) is 7.37. The third-order valence-electron chi connectivity index (χ3n) is 8.14. The van der Waals surface area contributed by atoms with Gasteiger partial charge in [0.1, 0.15) is 11.6 Å². The molecule has 0 aromatic rings. The average molecular weight is 600 g/mol. The summed E-state index contributed by atoms with van der Waals surface area (Å²) in [7, 11) is 0. The summed E-state index contributed by atoms with van der Waals surface area (Å²) in [6.45, 7) is 20.4. The van der Waals surface area contributed by atoms with Gasteiger partial charge in [0, 0.05) is 16.9 Å². The predicted molar refractivity (Wildman–Crippen MR) is 150 cm³/mol. The Morgan fingerprint density at radius 3 is 2.45 bits per heavy atom. The number of aliphatic hydroxyl groups excluding tert-OH is 1. The number of ether oxygens (including phenoxy) is 2. The number of aliphatic hydroxyl groups is 1. The normalized spacial score (nSPS) is 31.5. The summed E-state index contributed by atoms with van der Waals surface area (Å²) in [5, 5.41) is 10.5. The van der Waals surface area contributed by atoms with Gasteiger partial charge in [-0.05, 0) is 51.4 Å². The molecule has 2 amide bonds. The molecule has 9 heteroatoms. The second-order valence-electron chi connectivity index (χ2n) is 13.4. The number of carbonyl (C=O) groups is 3. The molecule has 0 aromatic heterocycles. The van der Waals surface area contributed by atoms with Crippen molar-refractivity contribution in [2.75, 3.05) is 19.8 Å². The number of rotatable bonds is 11. The maximum Gasteiger partial charge on any atom is 0.312 e. The van der Waals surface area contributed by atoms with Crippen LogP contribution in [0.1, 0.15) is 74.7 Å². The summed E-state index contributed by atoms with van der Waals surface area (Å²) in [6, 6.07) is -1.55. The lowest BCUT2D eigenvalue weighted by Crippen LogP contribution is -2.62. The Balaban J connectivity index is 2.17. The van der Waals surface area contributed by atoms with E-state index in [-0.39, 0.29) is 41.2 Å². The van der Waals surface area contributed by atoms with Crippen molar-refractivity contribution in [3.8, 4) is 0 Å². The number of hydrogen-bond acceptors (Lipinski definition) is 6. The van der Waals surface area contributed by atoms with Crippen molar-refractivity contribution in [2.45, 2.75) is 109 Å². The van der Waals surface area contributed by atoms with Crippen molar-refractivity contribution in [3.05, 3.63) is 12.7 Å². The number of amides is 2. The molecule has 2 bridgehead atoms. The molecule has 3 aliphatic rings. The molecule has 216 valence electrons. The van der Waals surface area contributed by atoms with Gasteiger partial charge >= 0.3 is 5.97 Å². The molecule has 3 aliphatic heterocycles. The Morgan fingerprint density at radius 2 is 1.95 bits per heavy atom. The number of hydrogen-bond donors (Lipinski definition) is 1. The zero-order valence-electron chi connectivity index (χ0n) is 24.3. The lowest BCUT2D eigenvalue weighted by molar-refractivity contribution is -0.158. The third-order valence-corrected chi connectivity index (χ3v) is 8.98. The number of halogens is 1. The smallest absolute Gasteiger partial charge is 0.312 e. The zero-order valence-corrected chi connectivity index (χ0v) is 25.9. The summed E-state index contributed by atoms with van der Waals surface area (Å²) in [5.74, 6) is -2.49. The van der Waals surface area contributed by atoms with E-state index in [1.807, 2.05) is 27.7 Å². The minimum atomic E-state index is -1.19. The molecule has 3 fully saturated rings. The highest BCUT2D eigenvalue weighted by Gasteiger charge is 2.77. The summed E-state index contributed by atoms with van der Waals surface area (Å²) in [5.41, 5.74) is -1.80. The van der Waals surface area contributed by atoms with Crippen LogP contribution < -0.4 is 0 Å². The third kappa shape index (κ3) is 5.44. The van der Waals surface area contributed by atoms with Crippen molar-refractivity contribution < 1.29 is 29.0 Å². The molecule has 3 saturated heterocycles. The van der Waals surface area contributed by atoms with Gasteiger partial charge in [-0.25, -0.2) is 0 Å². The van der Waals surface area contributed by atoms with Crippen LogP contribution in [-0.4, -0.2) is 86.6 Å². The first-order valence-corrected chi connectivity index (χ1v) is 14.8. The molecule has 0 aromatic carbocycles. The highest BCUT2D eigenvalue weighted by atomic mass is 79.9. The lowest BCUT2D eigenvalue weighted by Gasteiger charge is -2.46. The van der Waals surface area contributed by atoms with E-state index in [0.717, 1.165) is 6.42 Å². The summed E-state index contributed by atoms with van der Waals surface area (Å²) in [6.07, 6.45) is 2.80. The molecule has 0 radical (unpaired) electrons. The van der Waals surface area contributed by atoms with Crippen LogP contribution in [0, 0.1) is 23.2 Å². The molecule has 8 nitrogen and oxygen atoms in total. The second kappa shape index (κ2) is 11.2. The Bertz CT molecular complexity index is 931. The molecule has 0 aliphatic carbocycles. The first-order valence-electron chi connectivity index (χ1n) is 13.9. The monoisotopic (exact) mass is 598 g/mol. The van der Waals surface area contributed by atoms with Crippen LogP contribution >= 0.6 is 15.9 Å². The van der Waals surface area contributed by atoms with Crippen molar-refractivity contribution >= 4 is 33.7 Å². The predicted octanol–water partition coefficient (Wildman–Crippen LogP) is 3.93. The molecule has 38 heavy (non-hydrogen) atoms. The van der Waals surface area contributed by atoms with Gasteiger partial charge in [0.15, 0.2) is 0 Å². The molecular weight excluding hydrogens is 552 g/mol. The van der Waals surface area contributed by atoms with E-state index in [0.29, 0.717) is 19.4 Å². The number of alkyl halides is 1. The molecule has 0 saturated carbocycles. The van der Waals surface area contributed by atoms with Crippen LogP contribution in [-0.2, 0) is 23.9 Å². The number of carbonyl (C=O) groups excluding carboxylic acids is 3. The number of esters is 1. The standard InChI is InChI=1S/C29H47BrN2O6/c1-10-12-31(28(8,9)16-27(5,6)7)25(35)23-29-14-19(30)22(38-29)20(26(36)37-11-2)21(29)24(34)32(23)18(15-33)13-17(3)4/h10,17-23,33H,1,11-16H2,2-9H3/t18-,19?,20+,21+,22+,23?,29?/m1/s1. The molecule has 3 heterocycles. The zero-order chi connectivity index (χ0) is 28.8. The molecule has 7 atom stereocenters. The van der Waals surface area contributed by atoms with Crippen LogP contribution in [0.25, 0.3) is 0 Å². The Morgan fingerprint density at radius 1 is 1.32 bits per heavy atom. The van der Waals surface area contributed by atoms with Gasteiger partial charge in [-0.3, -0.25) is 14.4 Å². The van der Waals surface area contributed by atoms with Gasteiger partial charge in [-0.1, -0.05) is 56.6 Å². The first kappa shape index (κ1) is 31.1. The number of fused-ring (bicyclic) bond motifs is 1. The van der Waals surface area contributed by atoms with Crippen LogP contribution in [0.4, 0.5) is 0 Å². The molecule has 3 unspecified atom stereocenters. The minimum absolute atomic E-state index is 0.0568. The van der Waals surface area contributed by atoms with E-state index in [2.05, 4.69) is 43.3 Å². The maximum absolute atomic E-state index is 14.8. The molecule has 1 spiro atoms. The van der Waals surface area contributed by atoms with Gasteiger partial charge in [0.05, 0.1) is 37.2 Å². The van der Waals surface area contributed by atoms with Crippen LogP contribution in [0.15, 0.2) is 12.7 Å². The van der Waals surface area contributed by atoms with E-state index in [1.54, 1.807) is 22.8 Å². The van der Waals surface area contributed by atoms with Crippen LogP contribution in [0.3, 0.4) is 0 Å². The second-order valence-corrected chi connectivity index (χ2v) is 14.6. The van der Waals surface area contributed by atoms with Gasteiger partial charge in [0.2, 0.25) is 11.8 Å². The Hall–Kier alpha value is -1.45. The molecule has 3 rings (SSSR count). The summed E-state index contributed by atoms with van der Waals surface area (Å²) in [4.78, 5) is 45.4. The SMILES string of the molecule is C=CCN(C(=O)C1N([C@@H](CO)CC(C)C)C(=O)[C@@H]2[C@H](C(=O)OCC)[C@H]3OC12CC3Br)C(C)(C)CC(C)(C)C. The topological polar surface area (TPSA) is 96.4 Å². The lowest BCUT2D eigenvalue weighted by atomic mass is 9.70. The fraction of sp³-hybridized carbons (Fsp3) is 0.828. The molecule has 1 N–H and O–H groups in total. The van der Waals surface area contributed by atoms with E-state index in [1.165, 1.54) is 0 Å². The highest BCUT2D eigenvalue weighted by molar-refractivity contribution is 9.09. The van der Waals surface area contributed by atoms with Crippen molar-refractivity contribution in [1.82, 2.24) is 9.80 Å². The summed E-state index contributed by atoms with van der Waals surface area (Å²) >= 11 is 3.69. The number of nitrogens with zero attached hydrogens (tertiary/aromatic N) is 2. The van der Waals surface area contributed by atoms with Crippen molar-refractivity contribution in [3.63, 3.8) is 0 Å². The van der Waals surface area contributed by atoms with E-state index < -0.39 is 47.1 Å². The summed E-state index contributed by atoms with van der Waals surface area (Å²) < 4.78 is 12.0. The largest absolute Gasteiger partial charge is 0.466 e. The van der Waals surface area contributed by atoms with E-state index >= 15 is 0 Å². The van der Waals surface area contributed by atoms with Crippen LogP contribution in [0.5, 0.6) is 0 Å². The van der Waals surface area contributed by atoms with Crippen molar-refractivity contribution in [1.29, 1.82) is 0 Å². The van der Waals surface area contributed by atoms with Crippen LogP contribution in [0.2, 0.25) is 0 Å². The minimum Gasteiger partial charge on any atom is -0.466 e. The highest BCUT2D eigenvalue weighted by Crippen LogP contribution is 2.61. The van der Waals surface area contributed by atoms with Crippen molar-refractivity contribution in [2.24, 2.45) is 23.2 Å². The van der Waals surface area contributed by atoms with E-state index in [9.17, 15) is 19.5 Å². The van der Waals surface area contributed by atoms with Gasteiger partial charge in [-0.15, -0.1) is 6.58 Å². The maximum atomic E-state index is 14.8. The average Bonchev–Trinajstić information content (AvgIpc) is 3.37. The van der Waals surface area contributed by atoms with Gasteiger partial charge in [-0.2, -0.15) is 0 Å². The Labute approximate surface area is 236 Å².